The van der Waals surface area contributed by atoms with Crippen LogP contribution in [0, 0.1) is 5.92 Å². The van der Waals surface area contributed by atoms with Gasteiger partial charge in [-0.3, -0.25) is 4.79 Å². The molecule has 2 rings (SSSR count). The zero-order valence-corrected chi connectivity index (χ0v) is 17.0. The van der Waals surface area contributed by atoms with Crippen molar-refractivity contribution in [3.8, 4) is 0 Å². The lowest BCUT2D eigenvalue weighted by atomic mass is 9.96. The quantitative estimate of drug-likeness (QED) is 0.531. The molecule has 0 aromatic carbocycles. The van der Waals surface area contributed by atoms with E-state index in [0.29, 0.717) is 30.8 Å². The van der Waals surface area contributed by atoms with E-state index in [2.05, 4.69) is 16.0 Å². The molecule has 0 aromatic rings. The van der Waals surface area contributed by atoms with Crippen molar-refractivity contribution in [2.24, 2.45) is 5.92 Å². The highest BCUT2D eigenvalue weighted by atomic mass is 35.5. The summed E-state index contributed by atoms with van der Waals surface area (Å²) in [6.45, 7) is 3.51. The number of urea groups is 1. The fourth-order valence-corrected chi connectivity index (χ4v) is 3.94. The van der Waals surface area contributed by atoms with E-state index >= 15 is 0 Å². The van der Waals surface area contributed by atoms with Crippen molar-refractivity contribution in [1.82, 2.24) is 20.9 Å². The lowest BCUT2D eigenvalue weighted by Gasteiger charge is -2.22. The van der Waals surface area contributed by atoms with E-state index in [1.807, 2.05) is 11.9 Å². The van der Waals surface area contributed by atoms with Crippen LogP contribution in [-0.2, 0) is 4.79 Å². The van der Waals surface area contributed by atoms with Crippen molar-refractivity contribution < 1.29 is 9.59 Å². The minimum atomic E-state index is -0.0318. The number of likely N-dealkylation sites (tertiary alicyclic amines) is 1. The zero-order chi connectivity index (χ0) is 17.9. The number of rotatable bonds is 9. The summed E-state index contributed by atoms with van der Waals surface area (Å²) in [7, 11) is 1.97. The first-order chi connectivity index (χ1) is 12.2. The molecule has 1 heterocycles. The first-order valence-electron chi connectivity index (χ1n) is 10.2. The normalized spacial score (nSPS) is 20.5. The van der Waals surface area contributed by atoms with Crippen molar-refractivity contribution in [3.05, 3.63) is 0 Å². The first kappa shape index (κ1) is 23.0. The maximum Gasteiger partial charge on any atom is 0.315 e. The van der Waals surface area contributed by atoms with Crippen molar-refractivity contribution in [2.45, 2.75) is 70.3 Å². The molecular weight excluding hydrogens is 352 g/mol. The third-order valence-electron chi connectivity index (χ3n) is 5.42. The molecule has 152 valence electrons. The minimum Gasteiger partial charge on any atom is -0.342 e. The van der Waals surface area contributed by atoms with Crippen LogP contribution in [0.3, 0.4) is 0 Å². The molecule has 0 spiro atoms. The fraction of sp³-hybridized carbons (Fsp3) is 0.895. The predicted octanol–water partition coefficient (Wildman–Crippen LogP) is 2.67. The molecule has 1 aliphatic carbocycles. The molecule has 6 nitrogen and oxygen atoms in total. The number of unbranched alkanes of at least 4 members (excludes halogenated alkanes) is 2. The van der Waals surface area contributed by atoms with E-state index in [9.17, 15) is 9.59 Å². The van der Waals surface area contributed by atoms with Crippen LogP contribution in [-0.4, -0.2) is 56.1 Å². The Morgan fingerprint density at radius 2 is 1.81 bits per heavy atom. The molecule has 0 bridgehead atoms. The average Bonchev–Trinajstić information content (AvgIpc) is 3.08. The SMILES string of the molecule is CNCC1CCN(C(=O)CCCCCNC(=O)NC2CCCCC2)C1.Cl. The Morgan fingerprint density at radius 1 is 1.04 bits per heavy atom. The van der Waals surface area contributed by atoms with Gasteiger partial charge in [-0.1, -0.05) is 25.7 Å². The van der Waals surface area contributed by atoms with E-state index in [4.69, 9.17) is 0 Å². The third kappa shape index (κ3) is 8.58. The van der Waals surface area contributed by atoms with Gasteiger partial charge in [-0.15, -0.1) is 12.4 Å². The van der Waals surface area contributed by atoms with Gasteiger partial charge in [0.1, 0.15) is 0 Å². The summed E-state index contributed by atoms with van der Waals surface area (Å²) in [6.07, 6.45) is 10.6. The smallest absolute Gasteiger partial charge is 0.315 e. The number of amides is 3. The molecule has 2 aliphatic rings. The lowest BCUT2D eigenvalue weighted by Crippen LogP contribution is -2.43. The highest BCUT2D eigenvalue weighted by molar-refractivity contribution is 5.85. The highest BCUT2D eigenvalue weighted by Crippen LogP contribution is 2.18. The molecule has 7 heteroatoms. The molecule has 3 amide bonds. The summed E-state index contributed by atoms with van der Waals surface area (Å²) >= 11 is 0. The molecule has 1 aliphatic heterocycles. The van der Waals surface area contributed by atoms with Crippen molar-refractivity contribution in [3.63, 3.8) is 0 Å². The third-order valence-corrected chi connectivity index (χ3v) is 5.42. The molecule has 1 saturated carbocycles. The molecule has 3 N–H and O–H groups in total. The number of hydrogen-bond acceptors (Lipinski definition) is 3. The van der Waals surface area contributed by atoms with E-state index in [1.54, 1.807) is 0 Å². The van der Waals surface area contributed by atoms with Crippen LogP contribution < -0.4 is 16.0 Å². The number of hydrogen-bond donors (Lipinski definition) is 3. The van der Waals surface area contributed by atoms with Gasteiger partial charge in [0.25, 0.3) is 0 Å². The topological polar surface area (TPSA) is 73.5 Å². The number of carbonyl (C=O) groups is 2. The van der Waals surface area contributed by atoms with Crippen LogP contribution in [0.15, 0.2) is 0 Å². The summed E-state index contributed by atoms with van der Waals surface area (Å²) in [4.78, 5) is 26.0. The predicted molar refractivity (Wildman–Crippen MR) is 108 cm³/mol. The number of halogens is 1. The van der Waals surface area contributed by atoms with Gasteiger partial charge in [0.15, 0.2) is 0 Å². The van der Waals surface area contributed by atoms with E-state index < -0.39 is 0 Å². The largest absolute Gasteiger partial charge is 0.342 e. The molecule has 0 radical (unpaired) electrons. The van der Waals surface area contributed by atoms with Crippen LogP contribution in [0.5, 0.6) is 0 Å². The highest BCUT2D eigenvalue weighted by Gasteiger charge is 2.25. The summed E-state index contributed by atoms with van der Waals surface area (Å²) in [6, 6.07) is 0.328. The van der Waals surface area contributed by atoms with Gasteiger partial charge in [-0.25, -0.2) is 4.79 Å². The van der Waals surface area contributed by atoms with Crippen molar-refractivity contribution >= 4 is 24.3 Å². The average molecular weight is 389 g/mol. The van der Waals surface area contributed by atoms with Gasteiger partial charge in [-0.05, 0) is 51.6 Å². The molecule has 2 fully saturated rings. The van der Waals surface area contributed by atoms with E-state index in [1.165, 1.54) is 19.3 Å². The van der Waals surface area contributed by atoms with Crippen molar-refractivity contribution in [1.29, 1.82) is 0 Å². The Bertz CT molecular complexity index is 416. The lowest BCUT2D eigenvalue weighted by molar-refractivity contribution is -0.130. The maximum absolute atomic E-state index is 12.2. The summed E-state index contributed by atoms with van der Waals surface area (Å²) in [5.41, 5.74) is 0. The number of carbonyl (C=O) groups excluding carboxylic acids is 2. The van der Waals surface area contributed by atoms with Gasteiger partial charge in [0.2, 0.25) is 5.91 Å². The summed E-state index contributed by atoms with van der Waals surface area (Å²) in [5, 5.41) is 9.20. The van der Waals surface area contributed by atoms with E-state index in [0.717, 1.165) is 58.2 Å². The Morgan fingerprint density at radius 3 is 2.54 bits per heavy atom. The van der Waals surface area contributed by atoms with Crippen LogP contribution in [0.2, 0.25) is 0 Å². The fourth-order valence-electron chi connectivity index (χ4n) is 3.94. The Balaban J connectivity index is 0.00000338. The standard InChI is InChI=1S/C19H36N4O2.ClH/c1-20-14-16-11-13-23(15-16)18(24)10-6-3-7-12-21-19(25)22-17-8-4-2-5-9-17;/h16-17,20H,2-15H2,1H3,(H2,21,22,25);1H. The van der Waals surface area contributed by atoms with Crippen LogP contribution in [0.25, 0.3) is 0 Å². The number of nitrogens with zero attached hydrogens (tertiary/aromatic N) is 1. The van der Waals surface area contributed by atoms with Gasteiger partial charge in [0, 0.05) is 32.1 Å². The minimum absolute atomic E-state index is 0. The zero-order valence-electron chi connectivity index (χ0n) is 16.2. The maximum atomic E-state index is 12.2. The number of nitrogens with one attached hydrogen (secondary N) is 3. The Kier molecular flexibility index (Phi) is 11.7. The second-order valence-corrected chi connectivity index (χ2v) is 7.60. The summed E-state index contributed by atoms with van der Waals surface area (Å²) < 4.78 is 0. The first-order valence-corrected chi connectivity index (χ1v) is 10.2. The Hall–Kier alpha value is -1.01. The molecule has 0 aromatic heterocycles. The van der Waals surface area contributed by atoms with Crippen LogP contribution in [0.4, 0.5) is 4.79 Å². The second-order valence-electron chi connectivity index (χ2n) is 7.60. The molecule has 1 saturated heterocycles. The van der Waals surface area contributed by atoms with Gasteiger partial charge in [0.05, 0.1) is 0 Å². The molecule has 1 atom stereocenters. The van der Waals surface area contributed by atoms with Gasteiger partial charge in [-0.2, -0.15) is 0 Å². The van der Waals surface area contributed by atoms with Crippen LogP contribution in [0.1, 0.15) is 64.2 Å². The summed E-state index contributed by atoms with van der Waals surface area (Å²) in [5.74, 6) is 0.905. The molecular formula is C19H37ClN4O2. The molecule has 1 unspecified atom stereocenters. The van der Waals surface area contributed by atoms with Crippen molar-refractivity contribution in [2.75, 3.05) is 33.2 Å². The van der Waals surface area contributed by atoms with Gasteiger partial charge >= 0.3 is 6.03 Å². The van der Waals surface area contributed by atoms with Crippen LogP contribution >= 0.6 is 12.4 Å². The second kappa shape index (κ2) is 13.2. The van der Waals surface area contributed by atoms with E-state index in [-0.39, 0.29) is 18.4 Å². The van der Waals surface area contributed by atoms with Gasteiger partial charge < -0.3 is 20.9 Å². The monoisotopic (exact) mass is 388 g/mol. The Labute approximate surface area is 164 Å². The molecule has 26 heavy (non-hydrogen) atoms.